The quantitative estimate of drug-likeness (QED) is 0.389. The molecular formula is C29H30N4O2. The van der Waals surface area contributed by atoms with Crippen molar-refractivity contribution >= 4 is 17.8 Å². The first kappa shape index (κ1) is 24.0. The number of nitrogens with one attached hydrogen (secondary N) is 1. The zero-order chi connectivity index (χ0) is 24.8. The molecule has 0 saturated heterocycles. The lowest BCUT2D eigenvalue weighted by molar-refractivity contribution is -0.133. The fourth-order valence-electron chi connectivity index (χ4n) is 3.88. The standard InChI is InChI=1S/C29H30N4O2/c1-4-32(28(35)18-23-11-7-5-8-12-23)20-27(34)31-29-30-26(24-13-9-6-10-14-24)19-33(29)25-16-15-21(2)22(3)17-25/h5-17,19H,4,18,20H2,1-3H3,(H,30,31,34). The molecule has 3 aromatic carbocycles. The molecule has 0 aliphatic heterocycles. The highest BCUT2D eigenvalue weighted by molar-refractivity contribution is 5.94. The summed E-state index contributed by atoms with van der Waals surface area (Å²) >= 11 is 0. The Balaban J connectivity index is 1.57. The lowest BCUT2D eigenvalue weighted by Crippen LogP contribution is -2.39. The number of nitrogens with zero attached hydrogens (tertiary/aromatic N) is 3. The molecule has 4 aromatic rings. The van der Waals surface area contributed by atoms with Crippen LogP contribution in [0.25, 0.3) is 16.9 Å². The van der Waals surface area contributed by atoms with E-state index in [1.54, 1.807) is 4.90 Å². The van der Waals surface area contributed by atoms with Crippen molar-refractivity contribution in [3.05, 3.63) is 102 Å². The van der Waals surface area contributed by atoms with Crippen LogP contribution in [0.5, 0.6) is 0 Å². The third kappa shape index (κ3) is 5.84. The van der Waals surface area contributed by atoms with Crippen LogP contribution in [0.3, 0.4) is 0 Å². The van der Waals surface area contributed by atoms with Gasteiger partial charge in [0.25, 0.3) is 0 Å². The molecule has 0 unspecified atom stereocenters. The van der Waals surface area contributed by atoms with Gasteiger partial charge >= 0.3 is 0 Å². The Labute approximate surface area is 206 Å². The van der Waals surface area contributed by atoms with E-state index >= 15 is 0 Å². The number of carbonyl (C=O) groups excluding carboxylic acids is 2. The number of rotatable bonds is 8. The molecule has 0 aliphatic carbocycles. The first-order chi connectivity index (χ1) is 16.9. The van der Waals surface area contributed by atoms with Gasteiger partial charge in [-0.05, 0) is 49.6 Å². The number of benzene rings is 3. The first-order valence-electron chi connectivity index (χ1n) is 11.8. The van der Waals surface area contributed by atoms with Gasteiger partial charge in [-0.15, -0.1) is 0 Å². The third-order valence-electron chi connectivity index (χ3n) is 6.06. The van der Waals surface area contributed by atoms with Gasteiger partial charge < -0.3 is 4.90 Å². The minimum atomic E-state index is -0.288. The van der Waals surface area contributed by atoms with Crippen LogP contribution in [0, 0.1) is 13.8 Å². The number of aromatic nitrogens is 2. The van der Waals surface area contributed by atoms with Crippen LogP contribution < -0.4 is 5.32 Å². The Hall–Kier alpha value is -4.19. The average molecular weight is 467 g/mol. The fourth-order valence-corrected chi connectivity index (χ4v) is 3.88. The molecule has 1 N–H and O–H groups in total. The highest BCUT2D eigenvalue weighted by Crippen LogP contribution is 2.25. The number of hydrogen-bond donors (Lipinski definition) is 1. The van der Waals surface area contributed by atoms with E-state index in [9.17, 15) is 9.59 Å². The Bertz CT molecular complexity index is 1310. The summed E-state index contributed by atoms with van der Waals surface area (Å²) in [5.41, 5.74) is 5.89. The van der Waals surface area contributed by atoms with Gasteiger partial charge in [-0.2, -0.15) is 0 Å². The smallest absolute Gasteiger partial charge is 0.246 e. The molecule has 6 heteroatoms. The lowest BCUT2D eigenvalue weighted by Gasteiger charge is -2.20. The van der Waals surface area contributed by atoms with E-state index < -0.39 is 0 Å². The number of imidazole rings is 1. The van der Waals surface area contributed by atoms with Crippen molar-refractivity contribution in [2.75, 3.05) is 18.4 Å². The van der Waals surface area contributed by atoms with Crippen molar-refractivity contribution in [2.24, 2.45) is 0 Å². The summed E-state index contributed by atoms with van der Waals surface area (Å²) in [6.45, 7) is 6.41. The number of hydrogen-bond acceptors (Lipinski definition) is 3. The lowest BCUT2D eigenvalue weighted by atomic mass is 10.1. The Morgan fingerprint density at radius 3 is 2.26 bits per heavy atom. The molecular weight excluding hydrogens is 436 g/mol. The zero-order valence-electron chi connectivity index (χ0n) is 20.4. The van der Waals surface area contributed by atoms with E-state index in [1.807, 2.05) is 84.4 Å². The van der Waals surface area contributed by atoms with Crippen LogP contribution in [-0.4, -0.2) is 39.4 Å². The van der Waals surface area contributed by atoms with Gasteiger partial charge in [-0.25, -0.2) is 4.98 Å². The monoisotopic (exact) mass is 466 g/mol. The van der Waals surface area contributed by atoms with E-state index in [2.05, 4.69) is 31.3 Å². The Morgan fingerprint density at radius 1 is 0.914 bits per heavy atom. The minimum Gasteiger partial charge on any atom is -0.333 e. The van der Waals surface area contributed by atoms with Crippen molar-refractivity contribution < 1.29 is 9.59 Å². The molecule has 1 aromatic heterocycles. The molecule has 178 valence electrons. The molecule has 0 atom stereocenters. The molecule has 6 nitrogen and oxygen atoms in total. The van der Waals surface area contributed by atoms with Crippen molar-refractivity contribution in [1.29, 1.82) is 0 Å². The van der Waals surface area contributed by atoms with Gasteiger partial charge in [0.1, 0.15) is 0 Å². The van der Waals surface area contributed by atoms with E-state index in [-0.39, 0.29) is 24.8 Å². The van der Waals surface area contributed by atoms with Gasteiger partial charge in [-0.1, -0.05) is 66.7 Å². The normalized spacial score (nSPS) is 10.7. The second kappa shape index (κ2) is 10.8. The van der Waals surface area contributed by atoms with Crippen LogP contribution in [0.2, 0.25) is 0 Å². The molecule has 0 aliphatic rings. The van der Waals surface area contributed by atoms with Crippen molar-refractivity contribution in [2.45, 2.75) is 27.2 Å². The number of amides is 2. The number of likely N-dealkylation sites (N-methyl/N-ethyl adjacent to an activating group) is 1. The maximum atomic E-state index is 13.0. The second-order valence-corrected chi connectivity index (χ2v) is 8.57. The summed E-state index contributed by atoms with van der Waals surface area (Å²) < 4.78 is 1.88. The predicted octanol–water partition coefficient (Wildman–Crippen LogP) is 5.19. The molecule has 2 amide bonds. The van der Waals surface area contributed by atoms with Gasteiger partial charge in [-0.3, -0.25) is 19.5 Å². The summed E-state index contributed by atoms with van der Waals surface area (Å²) in [5.74, 6) is 0.0450. The maximum Gasteiger partial charge on any atom is 0.246 e. The largest absolute Gasteiger partial charge is 0.333 e. The average Bonchev–Trinajstić information content (AvgIpc) is 3.29. The molecule has 0 spiro atoms. The van der Waals surface area contributed by atoms with Gasteiger partial charge in [0.2, 0.25) is 17.8 Å². The zero-order valence-corrected chi connectivity index (χ0v) is 20.4. The summed E-state index contributed by atoms with van der Waals surface area (Å²) in [4.78, 5) is 32.1. The molecule has 0 fully saturated rings. The fraction of sp³-hybridized carbons (Fsp3) is 0.207. The molecule has 1 heterocycles. The topological polar surface area (TPSA) is 67.2 Å². The van der Waals surface area contributed by atoms with Crippen LogP contribution in [0.4, 0.5) is 5.95 Å². The number of aryl methyl sites for hydroxylation is 2. The summed E-state index contributed by atoms with van der Waals surface area (Å²) in [6.07, 6.45) is 2.19. The first-order valence-corrected chi connectivity index (χ1v) is 11.8. The van der Waals surface area contributed by atoms with Gasteiger partial charge in [0, 0.05) is 24.0 Å². The van der Waals surface area contributed by atoms with Crippen LogP contribution in [0.15, 0.2) is 85.1 Å². The number of anilines is 1. The number of carbonyl (C=O) groups is 2. The van der Waals surface area contributed by atoms with Crippen LogP contribution >= 0.6 is 0 Å². The third-order valence-corrected chi connectivity index (χ3v) is 6.06. The van der Waals surface area contributed by atoms with Gasteiger partial charge in [0.15, 0.2) is 0 Å². The highest BCUT2D eigenvalue weighted by Gasteiger charge is 2.19. The highest BCUT2D eigenvalue weighted by atomic mass is 16.2. The summed E-state index contributed by atoms with van der Waals surface area (Å²) in [7, 11) is 0. The molecule has 35 heavy (non-hydrogen) atoms. The van der Waals surface area contributed by atoms with Crippen molar-refractivity contribution in [3.8, 4) is 16.9 Å². The SMILES string of the molecule is CCN(CC(=O)Nc1nc(-c2ccccc2)cn1-c1ccc(C)c(C)c1)C(=O)Cc1ccccc1. The van der Waals surface area contributed by atoms with Crippen molar-refractivity contribution in [1.82, 2.24) is 14.5 Å². The van der Waals surface area contributed by atoms with Crippen molar-refractivity contribution in [3.63, 3.8) is 0 Å². The van der Waals surface area contributed by atoms with E-state index in [4.69, 9.17) is 4.98 Å². The van der Waals surface area contributed by atoms with E-state index in [0.717, 1.165) is 28.1 Å². The van der Waals surface area contributed by atoms with Crippen LogP contribution in [-0.2, 0) is 16.0 Å². The molecule has 0 radical (unpaired) electrons. The molecule has 0 bridgehead atoms. The van der Waals surface area contributed by atoms with E-state index in [0.29, 0.717) is 12.5 Å². The van der Waals surface area contributed by atoms with E-state index in [1.165, 1.54) is 5.56 Å². The summed E-state index contributed by atoms with van der Waals surface area (Å²) in [5, 5.41) is 2.94. The maximum absolute atomic E-state index is 13.0. The summed E-state index contributed by atoms with van der Waals surface area (Å²) in [6, 6.07) is 25.5. The Kier molecular flexibility index (Phi) is 7.41. The Morgan fingerprint density at radius 2 is 1.60 bits per heavy atom. The molecule has 0 saturated carbocycles. The molecule has 4 rings (SSSR count). The van der Waals surface area contributed by atoms with Crippen LogP contribution in [0.1, 0.15) is 23.6 Å². The van der Waals surface area contributed by atoms with Gasteiger partial charge in [0.05, 0.1) is 18.7 Å². The minimum absolute atomic E-state index is 0.0391. The predicted molar refractivity (Wildman–Crippen MR) is 140 cm³/mol. The second-order valence-electron chi connectivity index (χ2n) is 8.57.